The number of nitrogens with zero attached hydrogens (tertiary/aromatic N) is 1. The van der Waals surface area contributed by atoms with E-state index in [-0.39, 0.29) is 11.8 Å². The highest BCUT2D eigenvalue weighted by molar-refractivity contribution is 5.96. The topological polar surface area (TPSA) is 46.6 Å². The molecule has 114 valence electrons. The predicted octanol–water partition coefficient (Wildman–Crippen LogP) is 2.81. The van der Waals surface area contributed by atoms with E-state index >= 15 is 0 Å². The van der Waals surface area contributed by atoms with Crippen LogP contribution in [0.1, 0.15) is 48.5 Å². The number of esters is 1. The van der Waals surface area contributed by atoms with Gasteiger partial charge in [0.1, 0.15) is 0 Å². The number of ketones is 1. The van der Waals surface area contributed by atoms with Crippen molar-refractivity contribution in [2.24, 2.45) is 0 Å². The van der Waals surface area contributed by atoms with Crippen molar-refractivity contribution < 1.29 is 14.3 Å². The van der Waals surface area contributed by atoms with Crippen molar-refractivity contribution in [2.75, 3.05) is 19.7 Å². The Kier molecular flexibility index (Phi) is 5.93. The van der Waals surface area contributed by atoms with E-state index in [0.717, 1.165) is 25.2 Å². The average molecular weight is 289 g/mol. The third kappa shape index (κ3) is 4.97. The molecule has 0 atom stereocenters. The van der Waals surface area contributed by atoms with Gasteiger partial charge in [0.15, 0.2) is 5.78 Å². The molecule has 1 saturated heterocycles. The Morgan fingerprint density at radius 2 is 2.05 bits per heavy atom. The first kappa shape index (κ1) is 15.7. The van der Waals surface area contributed by atoms with Crippen LogP contribution in [0.3, 0.4) is 0 Å². The minimum Gasteiger partial charge on any atom is -0.466 e. The van der Waals surface area contributed by atoms with Crippen LogP contribution in [0.5, 0.6) is 0 Å². The molecule has 21 heavy (non-hydrogen) atoms. The lowest BCUT2D eigenvalue weighted by Crippen LogP contribution is -2.36. The summed E-state index contributed by atoms with van der Waals surface area (Å²) in [5, 5.41) is 0. The highest BCUT2D eigenvalue weighted by Crippen LogP contribution is 2.15. The van der Waals surface area contributed by atoms with Crippen molar-refractivity contribution >= 4 is 11.8 Å². The molecule has 0 aliphatic carbocycles. The molecule has 0 saturated carbocycles. The number of Topliss-reactive ketones (excluding diaryl/α,β-unsaturated/α-hetero) is 1. The predicted molar refractivity (Wildman–Crippen MR) is 81.2 cm³/mol. The van der Waals surface area contributed by atoms with Crippen molar-refractivity contribution in [2.45, 2.75) is 39.2 Å². The lowest BCUT2D eigenvalue weighted by Gasteiger charge is -2.30. The van der Waals surface area contributed by atoms with Crippen molar-refractivity contribution in [3.63, 3.8) is 0 Å². The SMILES string of the molecule is CCOC(=O)CCCC(=O)c1cccc(CN2CCC2)c1. The van der Waals surface area contributed by atoms with E-state index in [1.165, 1.54) is 12.0 Å². The largest absolute Gasteiger partial charge is 0.466 e. The summed E-state index contributed by atoms with van der Waals surface area (Å²) in [6, 6.07) is 7.83. The summed E-state index contributed by atoms with van der Waals surface area (Å²) >= 11 is 0. The zero-order valence-corrected chi connectivity index (χ0v) is 12.6. The second-order valence-electron chi connectivity index (χ2n) is 5.41. The van der Waals surface area contributed by atoms with Gasteiger partial charge >= 0.3 is 5.97 Å². The number of benzene rings is 1. The number of likely N-dealkylation sites (tertiary alicyclic amines) is 1. The summed E-state index contributed by atoms with van der Waals surface area (Å²) in [4.78, 5) is 25.7. The Morgan fingerprint density at radius 3 is 2.71 bits per heavy atom. The van der Waals surface area contributed by atoms with E-state index in [0.29, 0.717) is 25.9 Å². The zero-order chi connectivity index (χ0) is 15.1. The van der Waals surface area contributed by atoms with Gasteiger partial charge in [0.2, 0.25) is 0 Å². The third-order valence-corrected chi connectivity index (χ3v) is 3.69. The monoisotopic (exact) mass is 289 g/mol. The van der Waals surface area contributed by atoms with Crippen molar-refractivity contribution in [3.8, 4) is 0 Å². The second kappa shape index (κ2) is 7.93. The van der Waals surface area contributed by atoms with Gasteiger partial charge in [-0.05, 0) is 44.5 Å². The van der Waals surface area contributed by atoms with E-state index in [1.807, 2.05) is 18.2 Å². The van der Waals surface area contributed by atoms with Crippen LogP contribution < -0.4 is 0 Å². The molecule has 1 aromatic rings. The quantitative estimate of drug-likeness (QED) is 0.545. The van der Waals surface area contributed by atoms with E-state index in [4.69, 9.17) is 4.74 Å². The molecule has 0 bridgehead atoms. The number of rotatable bonds is 8. The van der Waals surface area contributed by atoms with E-state index in [1.54, 1.807) is 6.92 Å². The van der Waals surface area contributed by atoms with Crippen LogP contribution in [-0.4, -0.2) is 36.3 Å². The van der Waals surface area contributed by atoms with Crippen LogP contribution in [-0.2, 0) is 16.1 Å². The molecule has 4 heteroatoms. The lowest BCUT2D eigenvalue weighted by atomic mass is 10.0. The van der Waals surface area contributed by atoms with Crippen LogP contribution in [0.4, 0.5) is 0 Å². The fourth-order valence-electron chi connectivity index (χ4n) is 2.41. The molecule has 1 fully saturated rings. The second-order valence-corrected chi connectivity index (χ2v) is 5.41. The molecule has 4 nitrogen and oxygen atoms in total. The zero-order valence-electron chi connectivity index (χ0n) is 12.6. The highest BCUT2D eigenvalue weighted by Gasteiger charge is 2.14. The fraction of sp³-hybridized carbons (Fsp3) is 0.529. The molecule has 1 aromatic carbocycles. The molecule has 1 aliphatic rings. The number of ether oxygens (including phenoxy) is 1. The molecule has 1 aliphatic heterocycles. The van der Waals surface area contributed by atoms with E-state index in [2.05, 4.69) is 11.0 Å². The summed E-state index contributed by atoms with van der Waals surface area (Å²) < 4.78 is 4.86. The molecule has 2 rings (SSSR count). The maximum absolute atomic E-state index is 12.1. The van der Waals surface area contributed by atoms with Gasteiger partial charge in [0, 0.05) is 24.9 Å². The standard InChI is InChI=1S/C17H23NO3/c1-2-21-17(20)9-4-8-16(19)15-7-3-6-14(12-15)13-18-10-5-11-18/h3,6-7,12H,2,4-5,8-11,13H2,1H3. The lowest BCUT2D eigenvalue weighted by molar-refractivity contribution is -0.143. The summed E-state index contributed by atoms with van der Waals surface area (Å²) in [7, 11) is 0. The van der Waals surface area contributed by atoms with Crippen molar-refractivity contribution in [1.82, 2.24) is 4.90 Å². The Hall–Kier alpha value is -1.68. The maximum atomic E-state index is 12.1. The normalized spacial score (nSPS) is 14.5. The number of carbonyl (C=O) groups excluding carboxylic acids is 2. The average Bonchev–Trinajstić information content (AvgIpc) is 2.43. The molecule has 0 aromatic heterocycles. The first-order valence-electron chi connectivity index (χ1n) is 7.69. The van der Waals surface area contributed by atoms with Crippen LogP contribution in [0.15, 0.2) is 24.3 Å². The Morgan fingerprint density at radius 1 is 1.24 bits per heavy atom. The van der Waals surface area contributed by atoms with Gasteiger partial charge in [-0.1, -0.05) is 18.2 Å². The summed E-state index contributed by atoms with van der Waals surface area (Å²) in [5.74, 6) is -0.124. The highest BCUT2D eigenvalue weighted by atomic mass is 16.5. The molecule has 0 unspecified atom stereocenters. The van der Waals surface area contributed by atoms with E-state index < -0.39 is 0 Å². The Labute approximate surface area is 126 Å². The van der Waals surface area contributed by atoms with Gasteiger partial charge < -0.3 is 4.74 Å². The van der Waals surface area contributed by atoms with Gasteiger partial charge in [0.05, 0.1) is 6.61 Å². The van der Waals surface area contributed by atoms with Crippen molar-refractivity contribution in [3.05, 3.63) is 35.4 Å². The van der Waals surface area contributed by atoms with Gasteiger partial charge in [-0.25, -0.2) is 0 Å². The molecule has 1 heterocycles. The smallest absolute Gasteiger partial charge is 0.305 e. The number of carbonyl (C=O) groups is 2. The minimum absolute atomic E-state index is 0.102. The van der Waals surface area contributed by atoms with Crippen LogP contribution in [0, 0.1) is 0 Å². The van der Waals surface area contributed by atoms with Crippen LogP contribution in [0.25, 0.3) is 0 Å². The molecular weight excluding hydrogens is 266 g/mol. The Bertz CT molecular complexity index is 495. The van der Waals surface area contributed by atoms with Gasteiger partial charge in [-0.3, -0.25) is 14.5 Å². The number of hydrogen-bond donors (Lipinski definition) is 0. The molecule has 0 radical (unpaired) electrons. The molecule has 0 N–H and O–H groups in total. The molecule has 0 spiro atoms. The van der Waals surface area contributed by atoms with Crippen molar-refractivity contribution in [1.29, 1.82) is 0 Å². The molecule has 0 amide bonds. The summed E-state index contributed by atoms with van der Waals surface area (Å²) in [5.41, 5.74) is 1.93. The first-order chi connectivity index (χ1) is 10.2. The van der Waals surface area contributed by atoms with Crippen LogP contribution in [0.2, 0.25) is 0 Å². The van der Waals surface area contributed by atoms with Gasteiger partial charge in [0.25, 0.3) is 0 Å². The number of hydrogen-bond acceptors (Lipinski definition) is 4. The van der Waals surface area contributed by atoms with E-state index in [9.17, 15) is 9.59 Å². The Balaban J connectivity index is 1.81. The summed E-state index contributed by atoms with van der Waals surface area (Å²) in [6.07, 6.45) is 2.53. The maximum Gasteiger partial charge on any atom is 0.305 e. The summed E-state index contributed by atoms with van der Waals surface area (Å²) in [6.45, 7) is 5.40. The van der Waals surface area contributed by atoms with Crippen LogP contribution >= 0.6 is 0 Å². The van der Waals surface area contributed by atoms with Gasteiger partial charge in [-0.15, -0.1) is 0 Å². The minimum atomic E-state index is -0.225. The van der Waals surface area contributed by atoms with Gasteiger partial charge in [-0.2, -0.15) is 0 Å². The molecular formula is C17H23NO3. The fourth-order valence-corrected chi connectivity index (χ4v) is 2.41. The third-order valence-electron chi connectivity index (χ3n) is 3.69. The first-order valence-corrected chi connectivity index (χ1v) is 7.69.